The van der Waals surface area contributed by atoms with Gasteiger partial charge in [0.1, 0.15) is 29.9 Å². The molecule has 2 amide bonds. The van der Waals surface area contributed by atoms with Crippen molar-refractivity contribution in [2.75, 3.05) is 29.6 Å². The standard InChI is InChI=1S/C21H22N6O5S3/c1-32-25-14(13-9-35-21(22)23-13)17(28)24-15-18(29)27-16(20(30)31)11(8-34-19(15)27)6-10-4-3-5-12(7-10)26-33-2/h3-5,7,9,15,19,26H,6,8H2,1-2H3,(H2,22,23)(H,24,28)(H,30,31)/b25-14-. The van der Waals surface area contributed by atoms with Crippen LogP contribution >= 0.6 is 35.0 Å². The quantitative estimate of drug-likeness (QED) is 0.162. The molecule has 2 aromatic rings. The number of nitrogens with zero attached hydrogens (tertiary/aromatic N) is 3. The summed E-state index contributed by atoms with van der Waals surface area (Å²) in [7, 11) is 1.29. The van der Waals surface area contributed by atoms with E-state index in [1.54, 1.807) is 5.38 Å². The fourth-order valence-electron chi connectivity index (χ4n) is 3.83. The number of nitrogen functional groups attached to an aromatic ring is 1. The Labute approximate surface area is 213 Å². The van der Waals surface area contributed by atoms with Gasteiger partial charge in [-0.3, -0.25) is 14.5 Å². The van der Waals surface area contributed by atoms with Crippen LogP contribution in [0.1, 0.15) is 11.3 Å². The topological polar surface area (TPSA) is 159 Å². The largest absolute Gasteiger partial charge is 0.477 e. The summed E-state index contributed by atoms with van der Waals surface area (Å²) in [5, 5.41) is 17.5. The van der Waals surface area contributed by atoms with E-state index in [4.69, 9.17) is 10.6 Å². The van der Waals surface area contributed by atoms with E-state index in [9.17, 15) is 19.5 Å². The van der Waals surface area contributed by atoms with E-state index < -0.39 is 29.2 Å². The molecule has 1 fully saturated rings. The fourth-order valence-corrected chi connectivity index (χ4v) is 6.09. The first-order chi connectivity index (χ1) is 16.8. The molecule has 35 heavy (non-hydrogen) atoms. The Morgan fingerprint density at radius 1 is 1.43 bits per heavy atom. The number of nitrogens with two attached hydrogens (primary N) is 1. The Balaban J connectivity index is 1.52. The number of carbonyl (C=O) groups excluding carboxylic acids is 2. The number of carbonyl (C=O) groups is 3. The highest BCUT2D eigenvalue weighted by Gasteiger charge is 2.54. The Morgan fingerprint density at radius 2 is 2.23 bits per heavy atom. The first kappa shape index (κ1) is 24.9. The second-order valence-electron chi connectivity index (χ2n) is 7.50. The van der Waals surface area contributed by atoms with Crippen LogP contribution in [-0.2, 0) is 25.6 Å². The van der Waals surface area contributed by atoms with Crippen molar-refractivity contribution in [3.63, 3.8) is 0 Å². The van der Waals surface area contributed by atoms with E-state index in [0.29, 0.717) is 17.7 Å². The number of oxime groups is 1. The van der Waals surface area contributed by atoms with Crippen molar-refractivity contribution in [2.45, 2.75) is 17.8 Å². The van der Waals surface area contributed by atoms with Crippen LogP contribution in [0.5, 0.6) is 0 Å². The van der Waals surface area contributed by atoms with Gasteiger partial charge in [0, 0.05) is 23.1 Å². The van der Waals surface area contributed by atoms with Gasteiger partial charge in [0.15, 0.2) is 10.8 Å². The minimum Gasteiger partial charge on any atom is -0.477 e. The van der Waals surface area contributed by atoms with Crippen molar-refractivity contribution >= 4 is 69.4 Å². The Bertz CT molecular complexity index is 1230. The highest BCUT2D eigenvalue weighted by Crippen LogP contribution is 2.41. The number of carboxylic acids is 1. The Kier molecular flexibility index (Phi) is 7.52. The number of hydrogen-bond donors (Lipinski definition) is 4. The lowest BCUT2D eigenvalue weighted by atomic mass is 9.98. The normalized spacial score (nSPS) is 19.7. The van der Waals surface area contributed by atoms with E-state index in [-0.39, 0.29) is 22.2 Å². The second kappa shape index (κ2) is 10.6. The summed E-state index contributed by atoms with van der Waals surface area (Å²) in [6, 6.07) is 6.77. The highest BCUT2D eigenvalue weighted by atomic mass is 32.2. The summed E-state index contributed by atoms with van der Waals surface area (Å²) in [4.78, 5) is 48.0. The van der Waals surface area contributed by atoms with Crippen molar-refractivity contribution in [3.8, 4) is 0 Å². The Morgan fingerprint density at radius 3 is 2.89 bits per heavy atom. The zero-order valence-corrected chi connectivity index (χ0v) is 21.1. The number of β-lactam (4-membered cyclic amide) rings is 1. The van der Waals surface area contributed by atoms with E-state index in [0.717, 1.165) is 22.6 Å². The van der Waals surface area contributed by atoms with Crippen LogP contribution in [0.3, 0.4) is 0 Å². The molecule has 0 aliphatic carbocycles. The van der Waals surface area contributed by atoms with E-state index in [2.05, 4.69) is 20.2 Å². The van der Waals surface area contributed by atoms with Crippen LogP contribution in [0.25, 0.3) is 0 Å². The molecule has 5 N–H and O–H groups in total. The van der Waals surface area contributed by atoms with E-state index in [1.807, 2.05) is 30.5 Å². The van der Waals surface area contributed by atoms with Gasteiger partial charge in [-0.05, 0) is 29.7 Å². The monoisotopic (exact) mass is 534 g/mol. The summed E-state index contributed by atoms with van der Waals surface area (Å²) in [5.41, 5.74) is 8.18. The van der Waals surface area contributed by atoms with Crippen LogP contribution in [0.2, 0.25) is 0 Å². The van der Waals surface area contributed by atoms with E-state index >= 15 is 0 Å². The number of aliphatic carboxylic acids is 1. The van der Waals surface area contributed by atoms with Gasteiger partial charge in [-0.15, -0.1) is 23.1 Å². The van der Waals surface area contributed by atoms with Crippen molar-refractivity contribution in [3.05, 3.63) is 52.2 Å². The molecule has 2 aliphatic heterocycles. The molecule has 184 valence electrons. The number of carboxylic acid groups (broad SMARTS) is 1. The Hall–Kier alpha value is -3.23. The molecule has 4 rings (SSSR count). The van der Waals surface area contributed by atoms with Crippen molar-refractivity contribution < 1.29 is 24.3 Å². The molecular formula is C21H22N6O5S3. The molecule has 0 spiro atoms. The van der Waals surface area contributed by atoms with Gasteiger partial charge in [0.05, 0.1) is 0 Å². The average molecular weight is 535 g/mol. The minimum absolute atomic E-state index is 0.0365. The molecule has 0 saturated carbocycles. The SMILES string of the molecule is CO/N=C(\C(=O)NC1C(=O)N2C(C(=O)O)=C(Cc3cccc(NSC)c3)CSC12)c1csc(N)n1. The molecule has 3 heterocycles. The average Bonchev–Trinajstić information content (AvgIpc) is 3.26. The van der Waals surface area contributed by atoms with Gasteiger partial charge in [0.25, 0.3) is 11.8 Å². The molecule has 0 bridgehead atoms. The lowest BCUT2D eigenvalue weighted by Gasteiger charge is -2.49. The number of rotatable bonds is 9. The molecule has 14 heteroatoms. The number of thioether (sulfide) groups is 1. The highest BCUT2D eigenvalue weighted by molar-refractivity contribution is 8.00. The maximum Gasteiger partial charge on any atom is 0.352 e. The molecule has 0 radical (unpaired) electrons. The maximum atomic E-state index is 13.0. The van der Waals surface area contributed by atoms with Crippen LogP contribution in [-0.4, -0.2) is 69.0 Å². The molecular weight excluding hydrogens is 512 g/mol. The number of hydrogen-bond acceptors (Lipinski definition) is 11. The smallest absolute Gasteiger partial charge is 0.352 e. The molecule has 1 saturated heterocycles. The third-order valence-corrected chi connectivity index (χ3v) is 7.72. The summed E-state index contributed by atoms with van der Waals surface area (Å²) in [6.07, 6.45) is 2.30. The number of thiazole rings is 1. The molecule has 1 aromatic carbocycles. The van der Waals surface area contributed by atoms with Crippen LogP contribution in [0.4, 0.5) is 10.8 Å². The molecule has 11 nitrogen and oxygen atoms in total. The summed E-state index contributed by atoms with van der Waals surface area (Å²) >= 11 is 4.00. The van der Waals surface area contributed by atoms with Crippen molar-refractivity contribution in [2.24, 2.45) is 5.16 Å². The third kappa shape index (κ3) is 5.09. The molecule has 1 aromatic heterocycles. The number of nitrogens with one attached hydrogen (secondary N) is 2. The predicted octanol–water partition coefficient (Wildman–Crippen LogP) is 1.75. The van der Waals surface area contributed by atoms with Gasteiger partial charge >= 0.3 is 5.97 Å². The minimum atomic E-state index is -1.18. The number of benzene rings is 1. The van der Waals surface area contributed by atoms with Crippen LogP contribution in [0.15, 0.2) is 46.1 Å². The van der Waals surface area contributed by atoms with Gasteiger partial charge in [-0.1, -0.05) is 29.2 Å². The lowest BCUT2D eigenvalue weighted by Crippen LogP contribution is -2.71. The van der Waals surface area contributed by atoms with Crippen LogP contribution < -0.4 is 15.8 Å². The van der Waals surface area contributed by atoms with Gasteiger partial charge in [0.2, 0.25) is 0 Å². The summed E-state index contributed by atoms with van der Waals surface area (Å²) < 4.78 is 3.15. The first-order valence-electron chi connectivity index (χ1n) is 10.2. The fraction of sp³-hybridized carbons (Fsp3) is 0.286. The third-order valence-electron chi connectivity index (χ3n) is 5.26. The van der Waals surface area contributed by atoms with Crippen LogP contribution in [0, 0.1) is 0 Å². The zero-order valence-electron chi connectivity index (χ0n) is 18.7. The van der Waals surface area contributed by atoms with Gasteiger partial charge in [-0.25, -0.2) is 9.78 Å². The number of aromatic nitrogens is 1. The number of anilines is 2. The summed E-state index contributed by atoms with van der Waals surface area (Å²) in [6.45, 7) is 0. The van der Waals surface area contributed by atoms with Crippen molar-refractivity contribution in [1.29, 1.82) is 0 Å². The lowest BCUT2D eigenvalue weighted by molar-refractivity contribution is -0.150. The summed E-state index contributed by atoms with van der Waals surface area (Å²) in [5.74, 6) is -1.94. The second-order valence-corrected chi connectivity index (χ2v) is 10.1. The predicted molar refractivity (Wildman–Crippen MR) is 137 cm³/mol. The zero-order chi connectivity index (χ0) is 25.1. The maximum absolute atomic E-state index is 13.0. The molecule has 2 unspecified atom stereocenters. The molecule has 2 atom stereocenters. The number of amides is 2. The van der Waals surface area contributed by atoms with Crippen molar-refractivity contribution in [1.82, 2.24) is 15.2 Å². The van der Waals surface area contributed by atoms with Gasteiger partial charge in [-0.2, -0.15) is 0 Å². The number of fused-ring (bicyclic) bond motifs is 1. The first-order valence-corrected chi connectivity index (χ1v) is 13.4. The van der Waals surface area contributed by atoms with E-state index in [1.165, 1.54) is 35.7 Å². The van der Waals surface area contributed by atoms with Gasteiger partial charge < -0.3 is 25.7 Å². The molecule has 2 aliphatic rings.